The standard InChI is InChI=1S/C16H18N2O5/c1-11-7-15(23-17-11)16(19)18(5-6-20-2)9-12-3-4-13-14(8-12)22-10-21-13/h3-4,7-8H,5-6,9-10H2,1-2H3. The first-order valence-corrected chi connectivity index (χ1v) is 7.27. The van der Waals surface area contributed by atoms with E-state index in [1.165, 1.54) is 0 Å². The molecule has 23 heavy (non-hydrogen) atoms. The SMILES string of the molecule is COCCN(Cc1ccc2c(c1)OCO2)C(=O)c1cc(C)no1. The minimum Gasteiger partial charge on any atom is -0.454 e. The molecule has 0 saturated carbocycles. The molecule has 0 bridgehead atoms. The van der Waals surface area contributed by atoms with Gasteiger partial charge >= 0.3 is 0 Å². The molecule has 0 radical (unpaired) electrons. The van der Waals surface area contributed by atoms with Crippen molar-refractivity contribution in [1.29, 1.82) is 0 Å². The summed E-state index contributed by atoms with van der Waals surface area (Å²) in [6.07, 6.45) is 0. The number of fused-ring (bicyclic) bond motifs is 1. The number of hydrogen-bond donors (Lipinski definition) is 0. The number of ether oxygens (including phenoxy) is 3. The molecule has 1 aliphatic rings. The average Bonchev–Trinajstić information content (AvgIpc) is 3.18. The second-order valence-electron chi connectivity index (χ2n) is 5.24. The predicted octanol–water partition coefficient (Wildman–Crippen LogP) is 2.00. The number of aromatic nitrogens is 1. The van der Waals surface area contributed by atoms with E-state index in [1.807, 2.05) is 18.2 Å². The Kier molecular flexibility index (Phi) is 4.47. The van der Waals surface area contributed by atoms with Gasteiger partial charge in [0.05, 0.1) is 12.3 Å². The summed E-state index contributed by atoms with van der Waals surface area (Å²) in [6.45, 7) is 3.30. The van der Waals surface area contributed by atoms with Crippen molar-refractivity contribution in [3.8, 4) is 11.5 Å². The van der Waals surface area contributed by atoms with Gasteiger partial charge in [-0.2, -0.15) is 0 Å². The van der Waals surface area contributed by atoms with Crippen LogP contribution in [0.3, 0.4) is 0 Å². The third-order valence-corrected chi connectivity index (χ3v) is 3.50. The van der Waals surface area contributed by atoms with Crippen LogP contribution in [0.15, 0.2) is 28.8 Å². The number of methoxy groups -OCH3 is 1. The third kappa shape index (κ3) is 3.45. The maximum atomic E-state index is 12.6. The van der Waals surface area contributed by atoms with Crippen LogP contribution in [0.2, 0.25) is 0 Å². The molecule has 0 unspecified atom stereocenters. The van der Waals surface area contributed by atoms with Crippen molar-refractivity contribution in [2.45, 2.75) is 13.5 Å². The minimum atomic E-state index is -0.222. The zero-order chi connectivity index (χ0) is 16.2. The molecule has 7 nitrogen and oxygen atoms in total. The van der Waals surface area contributed by atoms with Crippen LogP contribution in [-0.4, -0.2) is 43.0 Å². The molecule has 1 aromatic heterocycles. The Morgan fingerprint density at radius 1 is 1.30 bits per heavy atom. The summed E-state index contributed by atoms with van der Waals surface area (Å²) < 4.78 is 20.8. The lowest BCUT2D eigenvalue weighted by molar-refractivity contribution is 0.0639. The van der Waals surface area contributed by atoms with E-state index in [1.54, 1.807) is 25.0 Å². The molecule has 0 saturated heterocycles. The fraction of sp³-hybridized carbons (Fsp3) is 0.375. The van der Waals surface area contributed by atoms with Crippen LogP contribution in [0.4, 0.5) is 0 Å². The second kappa shape index (κ2) is 6.70. The first-order chi connectivity index (χ1) is 11.2. The zero-order valence-corrected chi connectivity index (χ0v) is 13.1. The van der Waals surface area contributed by atoms with E-state index in [9.17, 15) is 4.79 Å². The Hall–Kier alpha value is -2.54. The van der Waals surface area contributed by atoms with Crippen LogP contribution in [0.25, 0.3) is 0 Å². The van der Waals surface area contributed by atoms with Crippen LogP contribution >= 0.6 is 0 Å². The smallest absolute Gasteiger partial charge is 0.292 e. The Bertz CT molecular complexity index is 698. The van der Waals surface area contributed by atoms with Gasteiger partial charge in [-0.15, -0.1) is 0 Å². The molecule has 2 aromatic rings. The number of amides is 1. The van der Waals surface area contributed by atoms with Crippen molar-refractivity contribution in [3.63, 3.8) is 0 Å². The van der Waals surface area contributed by atoms with Gasteiger partial charge in [0.15, 0.2) is 11.5 Å². The molecular weight excluding hydrogens is 300 g/mol. The summed E-state index contributed by atoms with van der Waals surface area (Å²) >= 11 is 0. The second-order valence-corrected chi connectivity index (χ2v) is 5.24. The zero-order valence-electron chi connectivity index (χ0n) is 13.1. The van der Waals surface area contributed by atoms with Crippen molar-refractivity contribution < 1.29 is 23.5 Å². The van der Waals surface area contributed by atoms with Gasteiger partial charge in [0.1, 0.15) is 0 Å². The number of carbonyl (C=O) groups excluding carboxylic acids is 1. The molecule has 1 aliphatic heterocycles. The molecule has 122 valence electrons. The van der Waals surface area contributed by atoms with E-state index in [0.717, 1.165) is 11.3 Å². The summed E-state index contributed by atoms with van der Waals surface area (Å²) in [4.78, 5) is 14.2. The van der Waals surface area contributed by atoms with Gasteiger partial charge in [-0.05, 0) is 24.6 Å². The Balaban J connectivity index is 1.77. The van der Waals surface area contributed by atoms with Crippen molar-refractivity contribution in [2.24, 2.45) is 0 Å². The first-order valence-electron chi connectivity index (χ1n) is 7.27. The van der Waals surface area contributed by atoms with E-state index in [-0.39, 0.29) is 18.5 Å². The van der Waals surface area contributed by atoms with Crippen LogP contribution in [-0.2, 0) is 11.3 Å². The van der Waals surface area contributed by atoms with Gasteiger partial charge in [-0.3, -0.25) is 4.79 Å². The normalized spacial score (nSPS) is 12.4. The van der Waals surface area contributed by atoms with Crippen LogP contribution in [0, 0.1) is 6.92 Å². The minimum absolute atomic E-state index is 0.222. The van der Waals surface area contributed by atoms with Gasteiger partial charge in [0.25, 0.3) is 5.91 Å². The van der Waals surface area contributed by atoms with Crippen molar-refractivity contribution >= 4 is 5.91 Å². The van der Waals surface area contributed by atoms with Gasteiger partial charge in [-0.25, -0.2) is 0 Å². The molecular formula is C16H18N2O5. The topological polar surface area (TPSA) is 74.0 Å². The molecule has 1 amide bonds. The highest BCUT2D eigenvalue weighted by Crippen LogP contribution is 2.32. The summed E-state index contributed by atoms with van der Waals surface area (Å²) in [7, 11) is 1.60. The Morgan fingerprint density at radius 3 is 2.87 bits per heavy atom. The summed E-state index contributed by atoms with van der Waals surface area (Å²) in [5.41, 5.74) is 1.61. The lowest BCUT2D eigenvalue weighted by atomic mass is 10.2. The number of aryl methyl sites for hydroxylation is 1. The highest BCUT2D eigenvalue weighted by Gasteiger charge is 2.21. The fourth-order valence-electron chi connectivity index (χ4n) is 2.33. The summed E-state index contributed by atoms with van der Waals surface area (Å²) in [6, 6.07) is 7.25. The monoisotopic (exact) mass is 318 g/mol. The number of carbonyl (C=O) groups is 1. The third-order valence-electron chi connectivity index (χ3n) is 3.50. The van der Waals surface area contributed by atoms with E-state index >= 15 is 0 Å². The van der Waals surface area contributed by atoms with Gasteiger partial charge in [0, 0.05) is 26.3 Å². The Morgan fingerprint density at radius 2 is 2.13 bits per heavy atom. The van der Waals surface area contributed by atoms with Gasteiger partial charge < -0.3 is 23.6 Å². The lowest BCUT2D eigenvalue weighted by Crippen LogP contribution is -2.33. The molecule has 0 aliphatic carbocycles. The molecule has 1 aromatic carbocycles. The van der Waals surface area contributed by atoms with Gasteiger partial charge in [0.2, 0.25) is 12.6 Å². The van der Waals surface area contributed by atoms with Crippen molar-refractivity contribution in [1.82, 2.24) is 10.1 Å². The largest absolute Gasteiger partial charge is 0.454 e. The number of hydrogen-bond acceptors (Lipinski definition) is 6. The van der Waals surface area contributed by atoms with Crippen LogP contribution in [0.5, 0.6) is 11.5 Å². The lowest BCUT2D eigenvalue weighted by Gasteiger charge is -2.21. The maximum absolute atomic E-state index is 12.6. The average molecular weight is 318 g/mol. The number of benzene rings is 1. The molecule has 2 heterocycles. The number of nitrogens with zero attached hydrogens (tertiary/aromatic N) is 2. The molecule has 0 atom stereocenters. The van der Waals surface area contributed by atoms with Crippen molar-refractivity contribution in [2.75, 3.05) is 27.1 Å². The first kappa shape index (κ1) is 15.4. The molecule has 7 heteroatoms. The van der Waals surface area contributed by atoms with Crippen molar-refractivity contribution in [3.05, 3.63) is 41.3 Å². The quantitative estimate of drug-likeness (QED) is 0.811. The predicted molar refractivity (Wildman–Crippen MR) is 80.4 cm³/mol. The highest BCUT2D eigenvalue weighted by molar-refractivity contribution is 5.91. The fourth-order valence-corrected chi connectivity index (χ4v) is 2.33. The molecule has 0 spiro atoms. The van der Waals surface area contributed by atoms with E-state index < -0.39 is 0 Å². The Labute approximate surface area is 133 Å². The molecule has 0 fully saturated rings. The van der Waals surface area contributed by atoms with E-state index in [0.29, 0.717) is 31.1 Å². The molecule has 3 rings (SSSR count). The van der Waals surface area contributed by atoms with Gasteiger partial charge in [-0.1, -0.05) is 11.2 Å². The highest BCUT2D eigenvalue weighted by atomic mass is 16.7. The molecule has 0 N–H and O–H groups in total. The van der Waals surface area contributed by atoms with E-state index in [4.69, 9.17) is 18.7 Å². The van der Waals surface area contributed by atoms with E-state index in [2.05, 4.69) is 5.16 Å². The maximum Gasteiger partial charge on any atom is 0.292 e. The summed E-state index contributed by atoms with van der Waals surface area (Å²) in [5.74, 6) is 1.41. The summed E-state index contributed by atoms with van der Waals surface area (Å²) in [5, 5.41) is 3.76. The van der Waals surface area contributed by atoms with Crippen LogP contribution < -0.4 is 9.47 Å². The number of rotatable bonds is 6. The van der Waals surface area contributed by atoms with Crippen LogP contribution in [0.1, 0.15) is 21.8 Å².